The van der Waals surface area contributed by atoms with Crippen LogP contribution in [0, 0.1) is 13.8 Å². The molecule has 0 aliphatic rings. The van der Waals surface area contributed by atoms with Crippen LogP contribution in [0.5, 0.6) is 5.75 Å². The molecule has 0 aromatic heterocycles. The van der Waals surface area contributed by atoms with E-state index in [0.717, 1.165) is 11.1 Å². The summed E-state index contributed by atoms with van der Waals surface area (Å²) in [5.74, 6) is 0.160. The van der Waals surface area contributed by atoms with Crippen molar-refractivity contribution in [3.63, 3.8) is 0 Å². The zero-order chi connectivity index (χ0) is 19.1. The van der Waals surface area contributed by atoms with Gasteiger partial charge in [-0.1, -0.05) is 17.7 Å². The van der Waals surface area contributed by atoms with Crippen molar-refractivity contribution in [2.24, 2.45) is 0 Å². The molecule has 0 saturated carbocycles. The normalized spacial score (nSPS) is 11.5. The Morgan fingerprint density at radius 1 is 1.00 bits per heavy atom. The number of carbonyl (C=O) groups excluding carboxylic acids is 2. The van der Waals surface area contributed by atoms with Crippen LogP contribution in [0.1, 0.15) is 28.4 Å². The lowest BCUT2D eigenvalue weighted by molar-refractivity contribution is -0.127. The van der Waals surface area contributed by atoms with E-state index in [9.17, 15) is 9.59 Å². The smallest absolute Gasteiger partial charge is 0.260 e. The number of amides is 2. The SMILES string of the molecule is Cc1ccc(C(=O)NCCNC(=O)C(C)Oc2ccc(Cl)cc2)cc1C. The Morgan fingerprint density at radius 2 is 1.65 bits per heavy atom. The van der Waals surface area contributed by atoms with Crippen LogP contribution in [0.2, 0.25) is 5.02 Å². The summed E-state index contributed by atoms with van der Waals surface area (Å²) in [6, 6.07) is 12.4. The third-order valence-electron chi connectivity index (χ3n) is 3.97. The molecule has 0 spiro atoms. The number of carbonyl (C=O) groups is 2. The zero-order valence-corrected chi connectivity index (χ0v) is 15.9. The summed E-state index contributed by atoms with van der Waals surface area (Å²) >= 11 is 5.81. The van der Waals surface area contributed by atoms with E-state index in [1.807, 2.05) is 26.0 Å². The summed E-state index contributed by atoms with van der Waals surface area (Å²) in [5.41, 5.74) is 2.82. The summed E-state index contributed by atoms with van der Waals surface area (Å²) in [5, 5.41) is 6.13. The van der Waals surface area contributed by atoms with Crippen molar-refractivity contribution < 1.29 is 14.3 Å². The highest BCUT2D eigenvalue weighted by molar-refractivity contribution is 6.30. The van der Waals surface area contributed by atoms with Gasteiger partial charge in [0.25, 0.3) is 11.8 Å². The average Bonchev–Trinajstić information content (AvgIpc) is 2.62. The Bertz CT molecular complexity index is 775. The Kier molecular flexibility index (Phi) is 7.04. The fourth-order valence-electron chi connectivity index (χ4n) is 2.26. The molecule has 0 heterocycles. The number of rotatable bonds is 7. The van der Waals surface area contributed by atoms with Crippen LogP contribution in [0.4, 0.5) is 0 Å². The van der Waals surface area contributed by atoms with Crippen molar-refractivity contribution in [1.82, 2.24) is 10.6 Å². The standard InChI is InChI=1S/C20H23ClN2O3/c1-13-4-5-16(12-14(13)2)20(25)23-11-10-22-19(24)15(3)26-18-8-6-17(21)7-9-18/h4-9,12,15H,10-11H2,1-3H3,(H,22,24)(H,23,25). The molecule has 0 aliphatic carbocycles. The van der Waals surface area contributed by atoms with Gasteiger partial charge >= 0.3 is 0 Å². The Hall–Kier alpha value is -2.53. The van der Waals surface area contributed by atoms with Crippen molar-refractivity contribution in [3.05, 3.63) is 64.2 Å². The lowest BCUT2D eigenvalue weighted by Crippen LogP contribution is -2.40. The molecule has 138 valence electrons. The molecule has 5 nitrogen and oxygen atoms in total. The van der Waals surface area contributed by atoms with Crippen LogP contribution in [0.15, 0.2) is 42.5 Å². The monoisotopic (exact) mass is 374 g/mol. The quantitative estimate of drug-likeness (QED) is 0.731. The molecule has 2 rings (SSSR count). The first-order chi connectivity index (χ1) is 12.4. The molecule has 0 radical (unpaired) electrons. The van der Waals surface area contributed by atoms with Crippen molar-refractivity contribution in [2.75, 3.05) is 13.1 Å². The number of hydrogen-bond donors (Lipinski definition) is 2. The maximum atomic E-state index is 12.1. The van der Waals surface area contributed by atoms with E-state index >= 15 is 0 Å². The van der Waals surface area contributed by atoms with Gasteiger partial charge in [0, 0.05) is 23.7 Å². The molecule has 0 saturated heterocycles. The summed E-state index contributed by atoms with van der Waals surface area (Å²) in [4.78, 5) is 24.1. The van der Waals surface area contributed by atoms with E-state index in [1.54, 1.807) is 37.3 Å². The van der Waals surface area contributed by atoms with Gasteiger partial charge in [-0.25, -0.2) is 0 Å². The maximum absolute atomic E-state index is 12.1. The van der Waals surface area contributed by atoms with Gasteiger partial charge in [0.05, 0.1) is 0 Å². The Labute approximate surface area is 158 Å². The second kappa shape index (κ2) is 9.25. The fraction of sp³-hybridized carbons (Fsp3) is 0.300. The van der Waals surface area contributed by atoms with Gasteiger partial charge < -0.3 is 15.4 Å². The van der Waals surface area contributed by atoms with E-state index < -0.39 is 6.10 Å². The molecule has 2 aromatic carbocycles. The summed E-state index contributed by atoms with van der Waals surface area (Å²) in [6.45, 7) is 6.29. The molecule has 2 aromatic rings. The zero-order valence-electron chi connectivity index (χ0n) is 15.1. The van der Waals surface area contributed by atoms with E-state index in [0.29, 0.717) is 29.4 Å². The van der Waals surface area contributed by atoms with Gasteiger partial charge in [-0.3, -0.25) is 9.59 Å². The van der Waals surface area contributed by atoms with E-state index in [4.69, 9.17) is 16.3 Å². The lowest BCUT2D eigenvalue weighted by atomic mass is 10.1. The number of benzene rings is 2. The second-order valence-corrected chi connectivity index (χ2v) is 6.50. The van der Waals surface area contributed by atoms with Crippen molar-refractivity contribution in [1.29, 1.82) is 0 Å². The van der Waals surface area contributed by atoms with Gasteiger partial charge in [0.1, 0.15) is 5.75 Å². The van der Waals surface area contributed by atoms with Gasteiger partial charge in [0.15, 0.2) is 6.10 Å². The van der Waals surface area contributed by atoms with E-state index in [1.165, 1.54) is 0 Å². The first kappa shape index (κ1) is 19.8. The lowest BCUT2D eigenvalue weighted by Gasteiger charge is -2.15. The van der Waals surface area contributed by atoms with Crippen molar-refractivity contribution in [3.8, 4) is 5.75 Å². The topological polar surface area (TPSA) is 67.4 Å². The molecule has 2 amide bonds. The number of halogens is 1. The molecule has 0 aliphatic heterocycles. The van der Waals surface area contributed by atoms with Gasteiger partial charge in [-0.2, -0.15) is 0 Å². The van der Waals surface area contributed by atoms with Crippen LogP contribution >= 0.6 is 11.6 Å². The highest BCUT2D eigenvalue weighted by atomic mass is 35.5. The molecular formula is C20H23ClN2O3. The summed E-state index contributed by atoms with van der Waals surface area (Å²) in [6.07, 6.45) is -0.647. The Morgan fingerprint density at radius 3 is 2.31 bits per heavy atom. The van der Waals surface area contributed by atoms with Crippen LogP contribution in [-0.2, 0) is 4.79 Å². The predicted molar refractivity (Wildman–Crippen MR) is 103 cm³/mol. The number of ether oxygens (including phenoxy) is 1. The van der Waals surface area contributed by atoms with Crippen LogP contribution < -0.4 is 15.4 Å². The first-order valence-corrected chi connectivity index (χ1v) is 8.80. The molecular weight excluding hydrogens is 352 g/mol. The summed E-state index contributed by atoms with van der Waals surface area (Å²) < 4.78 is 5.54. The number of hydrogen-bond acceptors (Lipinski definition) is 3. The predicted octanol–water partition coefficient (Wildman–Crippen LogP) is 3.27. The fourth-order valence-corrected chi connectivity index (χ4v) is 2.39. The Balaban J connectivity index is 1.72. The minimum Gasteiger partial charge on any atom is -0.481 e. The average molecular weight is 375 g/mol. The molecule has 0 fully saturated rings. The number of nitrogens with one attached hydrogen (secondary N) is 2. The van der Waals surface area contributed by atoms with Crippen LogP contribution in [-0.4, -0.2) is 31.0 Å². The van der Waals surface area contributed by atoms with Gasteiger partial charge in [-0.05, 0) is 68.3 Å². The van der Waals surface area contributed by atoms with Crippen LogP contribution in [0.3, 0.4) is 0 Å². The number of aryl methyl sites for hydroxylation is 2. The largest absolute Gasteiger partial charge is 0.481 e. The third-order valence-corrected chi connectivity index (χ3v) is 4.23. The van der Waals surface area contributed by atoms with Crippen molar-refractivity contribution in [2.45, 2.75) is 26.9 Å². The third kappa shape index (κ3) is 5.77. The molecule has 2 N–H and O–H groups in total. The second-order valence-electron chi connectivity index (χ2n) is 6.06. The first-order valence-electron chi connectivity index (χ1n) is 8.42. The van der Waals surface area contributed by atoms with Gasteiger partial charge in [-0.15, -0.1) is 0 Å². The minimum atomic E-state index is -0.647. The van der Waals surface area contributed by atoms with E-state index in [-0.39, 0.29) is 11.8 Å². The molecule has 1 unspecified atom stereocenters. The van der Waals surface area contributed by atoms with Crippen LogP contribution in [0.25, 0.3) is 0 Å². The molecule has 0 bridgehead atoms. The van der Waals surface area contributed by atoms with E-state index in [2.05, 4.69) is 10.6 Å². The minimum absolute atomic E-state index is 0.159. The highest BCUT2D eigenvalue weighted by Crippen LogP contribution is 2.16. The van der Waals surface area contributed by atoms with Gasteiger partial charge in [0.2, 0.25) is 0 Å². The summed E-state index contributed by atoms with van der Waals surface area (Å²) in [7, 11) is 0. The molecule has 6 heteroatoms. The molecule has 1 atom stereocenters. The molecule has 26 heavy (non-hydrogen) atoms. The highest BCUT2D eigenvalue weighted by Gasteiger charge is 2.14. The maximum Gasteiger partial charge on any atom is 0.260 e. The van der Waals surface area contributed by atoms with Crippen molar-refractivity contribution >= 4 is 23.4 Å².